The molecule has 1 aromatic rings. The molecule has 1 N–H and O–H groups in total. The molecule has 2 saturated heterocycles. The van der Waals surface area contributed by atoms with E-state index in [0.29, 0.717) is 24.0 Å². The molecule has 0 aromatic carbocycles. The smallest absolute Gasteiger partial charge is 0.293 e. The maximum absolute atomic E-state index is 12.2. The number of nitrogens with one attached hydrogen (secondary N) is 1. The molecular formula is C15H21N5O3S. The third-order valence-electron chi connectivity index (χ3n) is 4.24. The Balaban J connectivity index is 1.59. The van der Waals surface area contributed by atoms with Crippen molar-refractivity contribution in [3.05, 3.63) is 22.7 Å². The molecule has 2 aliphatic heterocycles. The zero-order valence-corrected chi connectivity index (χ0v) is 14.4. The van der Waals surface area contributed by atoms with Gasteiger partial charge in [-0.3, -0.25) is 14.4 Å². The van der Waals surface area contributed by atoms with Gasteiger partial charge >= 0.3 is 0 Å². The van der Waals surface area contributed by atoms with E-state index in [4.69, 9.17) is 0 Å². The van der Waals surface area contributed by atoms with Gasteiger partial charge in [-0.2, -0.15) is 0 Å². The Morgan fingerprint density at radius 1 is 1.46 bits per heavy atom. The number of aromatic nitrogens is 2. The summed E-state index contributed by atoms with van der Waals surface area (Å²) in [6.07, 6.45) is 4.97. The van der Waals surface area contributed by atoms with Gasteiger partial charge in [-0.1, -0.05) is 0 Å². The molecule has 0 bridgehead atoms. The van der Waals surface area contributed by atoms with Crippen LogP contribution in [0, 0.1) is 0 Å². The largest absolute Gasteiger partial charge is 0.350 e. The number of carbonyl (C=O) groups excluding carboxylic acids is 2. The highest BCUT2D eigenvalue weighted by molar-refractivity contribution is 8.00. The Labute approximate surface area is 144 Å². The number of amides is 2. The van der Waals surface area contributed by atoms with E-state index in [1.165, 1.54) is 16.3 Å². The fraction of sp³-hybridized carbons (Fsp3) is 0.600. The lowest BCUT2D eigenvalue weighted by molar-refractivity contribution is -0.132. The van der Waals surface area contributed by atoms with E-state index in [0.717, 1.165) is 19.4 Å². The number of nitrogens with zero attached hydrogens (tertiary/aromatic N) is 4. The highest BCUT2D eigenvalue weighted by Gasteiger charge is 2.27. The Hall–Kier alpha value is -2.03. The normalized spacial score (nSPS) is 21.2. The number of hydrogen-bond donors (Lipinski definition) is 1. The van der Waals surface area contributed by atoms with Crippen LogP contribution in [0.2, 0.25) is 0 Å². The van der Waals surface area contributed by atoms with Gasteiger partial charge in [0.2, 0.25) is 11.8 Å². The number of rotatable bonds is 4. The van der Waals surface area contributed by atoms with Crippen LogP contribution in [-0.2, 0) is 16.6 Å². The van der Waals surface area contributed by atoms with E-state index in [1.54, 1.807) is 24.3 Å². The lowest BCUT2D eigenvalue weighted by Gasteiger charge is -2.33. The van der Waals surface area contributed by atoms with Crippen LogP contribution in [0.1, 0.15) is 12.8 Å². The van der Waals surface area contributed by atoms with Crippen LogP contribution in [-0.4, -0.2) is 63.6 Å². The molecule has 1 aromatic heterocycles. The van der Waals surface area contributed by atoms with E-state index in [-0.39, 0.29) is 30.0 Å². The van der Waals surface area contributed by atoms with Crippen LogP contribution in [0.5, 0.6) is 0 Å². The summed E-state index contributed by atoms with van der Waals surface area (Å²) >= 11 is 1.52. The Morgan fingerprint density at radius 2 is 2.29 bits per heavy atom. The van der Waals surface area contributed by atoms with Crippen molar-refractivity contribution in [3.8, 4) is 0 Å². The first-order valence-corrected chi connectivity index (χ1v) is 9.11. The van der Waals surface area contributed by atoms with Gasteiger partial charge in [-0.25, -0.2) is 4.98 Å². The summed E-state index contributed by atoms with van der Waals surface area (Å²) in [6.45, 7) is 1.41. The van der Waals surface area contributed by atoms with Crippen molar-refractivity contribution in [1.82, 2.24) is 19.8 Å². The molecule has 1 unspecified atom stereocenters. The first kappa shape index (κ1) is 16.8. The molecule has 0 radical (unpaired) electrons. The zero-order valence-electron chi connectivity index (χ0n) is 13.6. The molecule has 0 aliphatic carbocycles. The molecule has 0 spiro atoms. The number of aryl methyl sites for hydroxylation is 1. The Morgan fingerprint density at radius 3 is 3.04 bits per heavy atom. The highest BCUT2D eigenvalue weighted by Crippen LogP contribution is 2.16. The molecular weight excluding hydrogens is 330 g/mol. The number of carbonyl (C=O) groups is 2. The average Bonchev–Trinajstić information content (AvgIpc) is 2.95. The summed E-state index contributed by atoms with van der Waals surface area (Å²) in [5.41, 5.74) is -0.135. The summed E-state index contributed by atoms with van der Waals surface area (Å²) < 4.78 is 1.50. The van der Waals surface area contributed by atoms with E-state index >= 15 is 0 Å². The van der Waals surface area contributed by atoms with Crippen molar-refractivity contribution in [1.29, 1.82) is 0 Å². The van der Waals surface area contributed by atoms with Crippen LogP contribution in [0.15, 0.2) is 17.2 Å². The number of piperidine rings is 1. The third kappa shape index (κ3) is 3.72. The maximum atomic E-state index is 12.2. The summed E-state index contributed by atoms with van der Waals surface area (Å²) in [5, 5.41) is 2.98. The predicted octanol–water partition coefficient (Wildman–Crippen LogP) is -0.602. The summed E-state index contributed by atoms with van der Waals surface area (Å²) in [6, 6.07) is -0.0386. The van der Waals surface area contributed by atoms with Crippen LogP contribution in [0.4, 0.5) is 5.82 Å². The lowest BCUT2D eigenvalue weighted by atomic mass is 10.1. The molecule has 1 atom stereocenters. The molecule has 3 rings (SSSR count). The minimum Gasteiger partial charge on any atom is -0.350 e. The van der Waals surface area contributed by atoms with Crippen molar-refractivity contribution < 1.29 is 9.59 Å². The minimum absolute atomic E-state index is 0.0115. The molecule has 24 heavy (non-hydrogen) atoms. The van der Waals surface area contributed by atoms with Crippen LogP contribution in [0.3, 0.4) is 0 Å². The molecule has 8 nitrogen and oxygen atoms in total. The topological polar surface area (TPSA) is 87.5 Å². The van der Waals surface area contributed by atoms with Gasteiger partial charge in [0.25, 0.3) is 5.56 Å². The number of hydrogen-bond acceptors (Lipinski definition) is 6. The zero-order chi connectivity index (χ0) is 17.1. The predicted molar refractivity (Wildman–Crippen MR) is 91.9 cm³/mol. The first-order valence-electron chi connectivity index (χ1n) is 7.96. The van der Waals surface area contributed by atoms with Crippen LogP contribution >= 0.6 is 11.8 Å². The molecule has 3 heterocycles. The SMILES string of the molecule is Cn1ccnc(N2CCCC(NC(=O)CN3CSCC3=O)C2)c1=O. The average molecular weight is 351 g/mol. The summed E-state index contributed by atoms with van der Waals surface area (Å²) in [4.78, 5) is 43.6. The fourth-order valence-electron chi connectivity index (χ4n) is 2.98. The standard InChI is InChI=1S/C15H21N5O3S/c1-18-6-4-16-14(15(18)23)19-5-2-3-11(7-19)17-12(21)8-20-10-24-9-13(20)22/h4,6,11H,2-3,5,7-10H2,1H3,(H,17,21). The van der Waals surface area contributed by atoms with Gasteiger partial charge in [0.15, 0.2) is 5.82 Å². The van der Waals surface area contributed by atoms with Gasteiger partial charge < -0.3 is 19.7 Å². The molecule has 130 valence electrons. The number of thioether (sulfide) groups is 1. The Kier molecular flexibility index (Phi) is 5.08. The Bertz CT molecular complexity index is 692. The molecule has 0 saturated carbocycles. The summed E-state index contributed by atoms with van der Waals surface area (Å²) in [7, 11) is 1.70. The first-order chi connectivity index (χ1) is 11.5. The number of anilines is 1. The van der Waals surface area contributed by atoms with Gasteiger partial charge in [-0.05, 0) is 12.8 Å². The summed E-state index contributed by atoms with van der Waals surface area (Å²) in [5.74, 6) is 1.31. The van der Waals surface area contributed by atoms with E-state index in [9.17, 15) is 14.4 Å². The van der Waals surface area contributed by atoms with E-state index in [2.05, 4.69) is 10.3 Å². The van der Waals surface area contributed by atoms with Crippen molar-refractivity contribution >= 4 is 29.4 Å². The van der Waals surface area contributed by atoms with Crippen molar-refractivity contribution in [2.24, 2.45) is 7.05 Å². The second-order valence-corrected chi connectivity index (χ2v) is 7.04. The van der Waals surface area contributed by atoms with Gasteiger partial charge in [0.1, 0.15) is 6.54 Å². The maximum Gasteiger partial charge on any atom is 0.293 e. The minimum atomic E-state index is -0.147. The van der Waals surface area contributed by atoms with Gasteiger partial charge in [0.05, 0.1) is 11.6 Å². The quantitative estimate of drug-likeness (QED) is 0.779. The van der Waals surface area contributed by atoms with Crippen molar-refractivity contribution in [2.45, 2.75) is 18.9 Å². The second-order valence-electron chi connectivity index (χ2n) is 6.09. The fourth-order valence-corrected chi connectivity index (χ4v) is 3.88. The van der Waals surface area contributed by atoms with Crippen molar-refractivity contribution in [2.75, 3.05) is 36.2 Å². The molecule has 9 heteroatoms. The van der Waals surface area contributed by atoms with Gasteiger partial charge in [-0.15, -0.1) is 11.8 Å². The van der Waals surface area contributed by atoms with E-state index in [1.807, 2.05) is 4.90 Å². The monoisotopic (exact) mass is 351 g/mol. The van der Waals surface area contributed by atoms with Gasteiger partial charge in [0, 0.05) is 38.6 Å². The van der Waals surface area contributed by atoms with Crippen LogP contribution in [0.25, 0.3) is 0 Å². The van der Waals surface area contributed by atoms with Crippen molar-refractivity contribution in [3.63, 3.8) is 0 Å². The molecule has 2 fully saturated rings. The third-order valence-corrected chi connectivity index (χ3v) is 5.19. The lowest BCUT2D eigenvalue weighted by Crippen LogP contribution is -2.51. The highest BCUT2D eigenvalue weighted by atomic mass is 32.2. The second kappa shape index (κ2) is 7.25. The molecule has 2 aliphatic rings. The van der Waals surface area contributed by atoms with E-state index < -0.39 is 0 Å². The van der Waals surface area contributed by atoms with Crippen LogP contribution < -0.4 is 15.8 Å². The molecule has 2 amide bonds.